The summed E-state index contributed by atoms with van der Waals surface area (Å²) in [5.41, 5.74) is 7.88. The Hall–Kier alpha value is -2.01. The van der Waals surface area contributed by atoms with Crippen molar-refractivity contribution in [3.05, 3.63) is 58.1 Å². The number of benzene rings is 2. The molecule has 0 bridgehead atoms. The summed E-state index contributed by atoms with van der Waals surface area (Å²) in [5.74, 6) is 0.669. The van der Waals surface area contributed by atoms with Gasteiger partial charge in [0, 0.05) is 21.3 Å². The molecule has 0 aliphatic carbocycles. The molecule has 3 rings (SSSR count). The molecule has 2 aromatic carbocycles. The molecule has 20 heavy (non-hydrogen) atoms. The van der Waals surface area contributed by atoms with E-state index < -0.39 is 0 Å². The van der Waals surface area contributed by atoms with Crippen molar-refractivity contribution >= 4 is 27.5 Å². The number of ether oxygens (including phenoxy) is 1. The molecule has 102 valence electrons. The molecule has 1 aliphatic rings. The summed E-state index contributed by atoms with van der Waals surface area (Å²) in [6.45, 7) is 0.455. The van der Waals surface area contributed by atoms with Crippen LogP contribution in [-0.2, 0) is 0 Å². The quantitative estimate of drug-likeness (QED) is 0.831. The molecule has 1 heterocycles. The number of amides is 1. The fraction of sp³-hybridized carbons (Fsp3) is 0.133. The molecule has 0 radical (unpaired) electrons. The van der Waals surface area contributed by atoms with Crippen LogP contribution in [0.3, 0.4) is 0 Å². The number of hydrogen-bond acceptors (Lipinski definition) is 3. The third kappa shape index (κ3) is 2.36. The summed E-state index contributed by atoms with van der Waals surface area (Å²) in [6, 6.07) is 12.7. The van der Waals surface area contributed by atoms with Gasteiger partial charge in [0.25, 0.3) is 5.91 Å². The van der Waals surface area contributed by atoms with Gasteiger partial charge in [0.15, 0.2) is 0 Å². The van der Waals surface area contributed by atoms with Crippen molar-refractivity contribution < 1.29 is 9.53 Å². The molecule has 1 aliphatic heterocycles. The molecule has 0 aromatic heterocycles. The molecule has 1 amide bonds. The second kappa shape index (κ2) is 5.17. The molecule has 0 fully saturated rings. The fourth-order valence-electron chi connectivity index (χ4n) is 2.21. The average molecular weight is 333 g/mol. The van der Waals surface area contributed by atoms with Crippen LogP contribution in [0, 0.1) is 0 Å². The van der Waals surface area contributed by atoms with E-state index in [1.165, 1.54) is 0 Å². The lowest BCUT2D eigenvalue weighted by atomic mass is 10.1. The van der Waals surface area contributed by atoms with E-state index in [9.17, 15) is 4.79 Å². The van der Waals surface area contributed by atoms with Gasteiger partial charge in [-0.3, -0.25) is 4.79 Å². The van der Waals surface area contributed by atoms with E-state index in [-0.39, 0.29) is 11.9 Å². The second-order valence-electron chi connectivity index (χ2n) is 4.61. The van der Waals surface area contributed by atoms with Crippen LogP contribution >= 0.6 is 15.9 Å². The normalized spacial score (nSPS) is 16.4. The van der Waals surface area contributed by atoms with Crippen molar-refractivity contribution in [3.8, 4) is 5.75 Å². The molecular formula is C15H13BrN2O2. The van der Waals surface area contributed by atoms with E-state index in [1.54, 1.807) is 18.2 Å². The van der Waals surface area contributed by atoms with E-state index in [4.69, 9.17) is 10.5 Å². The number of nitrogens with one attached hydrogen (secondary N) is 1. The molecular weight excluding hydrogens is 320 g/mol. The first kappa shape index (κ1) is 13.0. The molecule has 0 saturated carbocycles. The van der Waals surface area contributed by atoms with Gasteiger partial charge in [-0.2, -0.15) is 0 Å². The summed E-state index contributed by atoms with van der Waals surface area (Å²) in [5, 5.41) is 2.96. The summed E-state index contributed by atoms with van der Waals surface area (Å²) in [7, 11) is 0. The van der Waals surface area contributed by atoms with E-state index >= 15 is 0 Å². The number of nitrogen functional groups attached to an aromatic ring is 1. The van der Waals surface area contributed by atoms with Gasteiger partial charge in [0.2, 0.25) is 0 Å². The van der Waals surface area contributed by atoms with Gasteiger partial charge < -0.3 is 15.8 Å². The standard InChI is InChI=1S/C15H13BrN2O2/c16-11-6-5-9(7-12(11)17)15(19)18-13-8-20-14-4-2-1-3-10(13)14/h1-7,13H,8,17H2,(H,18,19). The van der Waals surface area contributed by atoms with Gasteiger partial charge in [-0.15, -0.1) is 0 Å². The molecule has 1 unspecified atom stereocenters. The minimum Gasteiger partial charge on any atom is -0.491 e. The highest BCUT2D eigenvalue weighted by atomic mass is 79.9. The lowest BCUT2D eigenvalue weighted by Gasteiger charge is -2.12. The topological polar surface area (TPSA) is 64.4 Å². The number of fused-ring (bicyclic) bond motifs is 1. The zero-order valence-corrected chi connectivity index (χ0v) is 12.2. The Bertz CT molecular complexity index is 673. The molecule has 2 aromatic rings. The number of anilines is 1. The molecule has 3 N–H and O–H groups in total. The first-order chi connectivity index (χ1) is 9.65. The van der Waals surface area contributed by atoms with E-state index in [0.29, 0.717) is 17.9 Å². The molecule has 5 heteroatoms. The number of halogens is 1. The first-order valence-electron chi connectivity index (χ1n) is 6.23. The largest absolute Gasteiger partial charge is 0.491 e. The van der Waals surface area contributed by atoms with Gasteiger partial charge in [-0.05, 0) is 40.2 Å². The van der Waals surface area contributed by atoms with Crippen LogP contribution in [0.15, 0.2) is 46.9 Å². The summed E-state index contributed by atoms with van der Waals surface area (Å²) in [6.07, 6.45) is 0. The second-order valence-corrected chi connectivity index (χ2v) is 5.47. The number of carbonyl (C=O) groups excluding carboxylic acids is 1. The highest BCUT2D eigenvalue weighted by Gasteiger charge is 2.25. The third-order valence-corrected chi connectivity index (χ3v) is 3.99. The number of hydrogen-bond donors (Lipinski definition) is 2. The minimum absolute atomic E-state index is 0.122. The lowest BCUT2D eigenvalue weighted by Crippen LogP contribution is -2.29. The van der Waals surface area contributed by atoms with Crippen LogP contribution in [0.4, 0.5) is 5.69 Å². The van der Waals surface area contributed by atoms with Gasteiger partial charge in [-0.1, -0.05) is 18.2 Å². The first-order valence-corrected chi connectivity index (χ1v) is 7.02. The highest BCUT2D eigenvalue weighted by Crippen LogP contribution is 2.32. The van der Waals surface area contributed by atoms with Crippen molar-refractivity contribution in [3.63, 3.8) is 0 Å². The predicted octanol–water partition coefficient (Wildman–Crippen LogP) is 2.89. The average Bonchev–Trinajstić information content (AvgIpc) is 2.85. The maximum absolute atomic E-state index is 12.2. The van der Waals surface area contributed by atoms with Crippen molar-refractivity contribution in [1.29, 1.82) is 0 Å². The van der Waals surface area contributed by atoms with Crippen molar-refractivity contribution in [1.82, 2.24) is 5.32 Å². The Morgan fingerprint density at radius 1 is 1.30 bits per heavy atom. The summed E-state index contributed by atoms with van der Waals surface area (Å²) < 4.78 is 6.32. The zero-order valence-electron chi connectivity index (χ0n) is 10.6. The van der Waals surface area contributed by atoms with Crippen LogP contribution in [0.2, 0.25) is 0 Å². The third-order valence-electron chi connectivity index (χ3n) is 3.26. The van der Waals surface area contributed by atoms with Crippen LogP contribution in [0.25, 0.3) is 0 Å². The monoisotopic (exact) mass is 332 g/mol. The Labute approximate surface area is 125 Å². The van der Waals surface area contributed by atoms with Crippen LogP contribution in [0.5, 0.6) is 5.75 Å². The summed E-state index contributed by atoms with van der Waals surface area (Å²) >= 11 is 3.31. The fourth-order valence-corrected chi connectivity index (χ4v) is 2.46. The SMILES string of the molecule is Nc1cc(C(=O)NC2COc3ccccc32)ccc1Br. The number of nitrogens with two attached hydrogens (primary N) is 1. The Balaban J connectivity index is 1.79. The van der Waals surface area contributed by atoms with Crippen LogP contribution < -0.4 is 15.8 Å². The number of carbonyl (C=O) groups is 1. The predicted molar refractivity (Wildman–Crippen MR) is 80.7 cm³/mol. The van der Waals surface area contributed by atoms with Gasteiger partial charge >= 0.3 is 0 Å². The molecule has 4 nitrogen and oxygen atoms in total. The van der Waals surface area contributed by atoms with Crippen LogP contribution in [-0.4, -0.2) is 12.5 Å². The van der Waals surface area contributed by atoms with Gasteiger partial charge in [0.05, 0.1) is 6.04 Å². The Morgan fingerprint density at radius 3 is 2.90 bits per heavy atom. The van der Waals surface area contributed by atoms with Gasteiger partial charge in [-0.25, -0.2) is 0 Å². The van der Waals surface area contributed by atoms with Crippen molar-refractivity contribution in [2.75, 3.05) is 12.3 Å². The summed E-state index contributed by atoms with van der Waals surface area (Å²) in [4.78, 5) is 12.2. The molecule has 0 saturated heterocycles. The minimum atomic E-state index is -0.158. The van der Waals surface area contributed by atoms with Crippen LogP contribution in [0.1, 0.15) is 22.0 Å². The van der Waals surface area contributed by atoms with E-state index in [0.717, 1.165) is 15.8 Å². The molecule has 0 spiro atoms. The van der Waals surface area contributed by atoms with E-state index in [1.807, 2.05) is 24.3 Å². The number of para-hydroxylation sites is 1. The smallest absolute Gasteiger partial charge is 0.251 e. The Morgan fingerprint density at radius 2 is 2.10 bits per heavy atom. The van der Waals surface area contributed by atoms with Crippen molar-refractivity contribution in [2.24, 2.45) is 0 Å². The van der Waals surface area contributed by atoms with Crippen molar-refractivity contribution in [2.45, 2.75) is 6.04 Å². The highest BCUT2D eigenvalue weighted by molar-refractivity contribution is 9.10. The lowest BCUT2D eigenvalue weighted by molar-refractivity contribution is 0.0930. The zero-order chi connectivity index (χ0) is 14.1. The van der Waals surface area contributed by atoms with E-state index in [2.05, 4.69) is 21.2 Å². The Kier molecular flexibility index (Phi) is 3.36. The van der Waals surface area contributed by atoms with Gasteiger partial charge in [0.1, 0.15) is 12.4 Å². The maximum atomic E-state index is 12.2. The molecule has 1 atom stereocenters. The number of rotatable bonds is 2. The maximum Gasteiger partial charge on any atom is 0.251 e.